The molecule has 1 aliphatic carbocycles. The molecule has 0 atom stereocenters. The van der Waals surface area contributed by atoms with Gasteiger partial charge in [-0.25, -0.2) is 15.0 Å². The van der Waals surface area contributed by atoms with E-state index >= 15 is 0 Å². The monoisotopic (exact) mass is 499 g/mol. The van der Waals surface area contributed by atoms with Crippen LogP contribution in [0.15, 0.2) is 115 Å². The fourth-order valence-corrected chi connectivity index (χ4v) is 6.37. The summed E-state index contributed by atoms with van der Waals surface area (Å²) in [6.07, 6.45) is 0. The molecule has 3 nitrogen and oxygen atoms in total. The number of hydrogen-bond donors (Lipinski definition) is 0. The Labute approximate surface area is 226 Å². The summed E-state index contributed by atoms with van der Waals surface area (Å²) in [7, 11) is 0. The van der Waals surface area contributed by atoms with E-state index in [1.165, 1.54) is 43.4 Å². The van der Waals surface area contributed by atoms with E-state index in [9.17, 15) is 0 Å². The number of aromatic nitrogens is 3. The summed E-state index contributed by atoms with van der Waals surface area (Å²) in [5.74, 6) is 2.05. The van der Waals surface area contributed by atoms with Crippen molar-refractivity contribution in [2.75, 3.05) is 0 Å². The van der Waals surface area contributed by atoms with E-state index in [0.29, 0.717) is 17.5 Å². The van der Waals surface area contributed by atoms with E-state index < -0.39 is 0 Å². The maximum absolute atomic E-state index is 5.08. The van der Waals surface area contributed by atoms with Gasteiger partial charge >= 0.3 is 0 Å². The lowest BCUT2D eigenvalue weighted by atomic mass is 9.69. The SMILES string of the molecule is CC1(C)c2cccc3ccc4cc(-c5nc(-c6ccccc6)nc(-c6ccccc6)n5)c5cccc1c5c4c23. The highest BCUT2D eigenvalue weighted by Crippen LogP contribution is 2.50. The molecule has 184 valence electrons. The minimum Gasteiger partial charge on any atom is -0.208 e. The molecule has 1 aromatic heterocycles. The minimum absolute atomic E-state index is 0.123. The third-order valence-corrected chi connectivity index (χ3v) is 8.27. The Kier molecular flexibility index (Phi) is 4.57. The Morgan fingerprint density at radius 1 is 0.462 bits per heavy atom. The fourth-order valence-electron chi connectivity index (χ4n) is 6.37. The van der Waals surface area contributed by atoms with Crippen LogP contribution in [0, 0.1) is 0 Å². The van der Waals surface area contributed by atoms with Crippen LogP contribution in [0.1, 0.15) is 25.0 Å². The van der Waals surface area contributed by atoms with Gasteiger partial charge in [-0.05, 0) is 49.5 Å². The van der Waals surface area contributed by atoms with Crippen molar-refractivity contribution in [2.45, 2.75) is 19.3 Å². The lowest BCUT2D eigenvalue weighted by Crippen LogP contribution is -2.22. The van der Waals surface area contributed by atoms with Gasteiger partial charge in [-0.2, -0.15) is 0 Å². The van der Waals surface area contributed by atoms with Crippen molar-refractivity contribution in [3.8, 4) is 34.2 Å². The average molecular weight is 500 g/mol. The Balaban J connectivity index is 1.50. The molecule has 39 heavy (non-hydrogen) atoms. The van der Waals surface area contributed by atoms with E-state index in [1.54, 1.807) is 0 Å². The third kappa shape index (κ3) is 3.20. The molecule has 0 bridgehead atoms. The maximum Gasteiger partial charge on any atom is 0.164 e. The number of rotatable bonds is 3. The molecule has 0 fully saturated rings. The molecule has 0 spiro atoms. The van der Waals surface area contributed by atoms with Crippen molar-refractivity contribution >= 4 is 32.3 Å². The van der Waals surface area contributed by atoms with E-state index in [4.69, 9.17) is 15.0 Å². The van der Waals surface area contributed by atoms with Gasteiger partial charge in [0.2, 0.25) is 0 Å². The van der Waals surface area contributed by atoms with E-state index in [2.05, 4.69) is 92.7 Å². The smallest absolute Gasteiger partial charge is 0.164 e. The van der Waals surface area contributed by atoms with Crippen molar-refractivity contribution < 1.29 is 0 Å². The van der Waals surface area contributed by atoms with E-state index in [1.807, 2.05) is 36.4 Å². The van der Waals surface area contributed by atoms with Crippen LogP contribution in [0.2, 0.25) is 0 Å². The van der Waals surface area contributed by atoms with Gasteiger partial charge in [0.15, 0.2) is 17.5 Å². The van der Waals surface area contributed by atoms with Gasteiger partial charge in [0.1, 0.15) is 0 Å². The van der Waals surface area contributed by atoms with E-state index in [-0.39, 0.29) is 5.41 Å². The van der Waals surface area contributed by atoms with Crippen molar-refractivity contribution in [3.05, 3.63) is 126 Å². The molecule has 0 aliphatic heterocycles. The molecule has 6 aromatic carbocycles. The van der Waals surface area contributed by atoms with Crippen molar-refractivity contribution in [1.29, 1.82) is 0 Å². The summed E-state index contributed by atoms with van der Waals surface area (Å²) < 4.78 is 0. The first-order valence-electron chi connectivity index (χ1n) is 13.4. The molecule has 1 heterocycles. The summed E-state index contributed by atoms with van der Waals surface area (Å²) in [5.41, 5.74) is 5.59. The van der Waals surface area contributed by atoms with Crippen LogP contribution in [-0.2, 0) is 5.41 Å². The highest BCUT2D eigenvalue weighted by Gasteiger charge is 2.33. The normalized spacial score (nSPS) is 13.6. The van der Waals surface area contributed by atoms with Crippen molar-refractivity contribution in [2.24, 2.45) is 0 Å². The van der Waals surface area contributed by atoms with Gasteiger partial charge in [-0.3, -0.25) is 0 Å². The highest BCUT2D eigenvalue weighted by atomic mass is 15.0. The highest BCUT2D eigenvalue weighted by molar-refractivity contribution is 6.26. The predicted molar refractivity (Wildman–Crippen MR) is 161 cm³/mol. The van der Waals surface area contributed by atoms with Crippen LogP contribution in [0.25, 0.3) is 66.5 Å². The standard InChI is InChI=1S/C36H25N3/c1-36(2)28-17-9-15-22-19-20-25-21-27(26-16-10-18-29(36)32(26)31(25)30(22)28)35-38-33(23-11-5-3-6-12-23)37-34(39-35)24-13-7-4-8-14-24/h3-21H,1-2H3. The molecule has 1 aliphatic rings. The fraction of sp³-hybridized carbons (Fsp3) is 0.0833. The molecule has 0 saturated carbocycles. The molecule has 0 saturated heterocycles. The average Bonchev–Trinajstić information content (AvgIpc) is 3.00. The second kappa shape index (κ2) is 8.05. The van der Waals surface area contributed by atoms with Crippen LogP contribution >= 0.6 is 0 Å². The van der Waals surface area contributed by atoms with Gasteiger partial charge in [-0.15, -0.1) is 0 Å². The predicted octanol–water partition coefficient (Wildman–Crippen LogP) is 8.97. The Morgan fingerprint density at radius 2 is 1.03 bits per heavy atom. The third-order valence-electron chi connectivity index (χ3n) is 8.27. The van der Waals surface area contributed by atoms with Gasteiger partial charge in [0.05, 0.1) is 0 Å². The quantitative estimate of drug-likeness (QED) is 0.228. The second-order valence-corrected chi connectivity index (χ2v) is 10.9. The van der Waals surface area contributed by atoms with Crippen LogP contribution < -0.4 is 0 Å². The van der Waals surface area contributed by atoms with Crippen molar-refractivity contribution in [3.63, 3.8) is 0 Å². The Morgan fingerprint density at radius 3 is 1.69 bits per heavy atom. The maximum atomic E-state index is 5.08. The first kappa shape index (κ1) is 22.1. The van der Waals surface area contributed by atoms with Crippen LogP contribution in [-0.4, -0.2) is 15.0 Å². The van der Waals surface area contributed by atoms with Crippen LogP contribution in [0.4, 0.5) is 0 Å². The number of nitrogens with zero attached hydrogens (tertiary/aromatic N) is 3. The zero-order valence-electron chi connectivity index (χ0n) is 21.8. The van der Waals surface area contributed by atoms with E-state index in [0.717, 1.165) is 16.7 Å². The molecule has 0 radical (unpaired) electrons. The zero-order valence-corrected chi connectivity index (χ0v) is 21.8. The molecule has 0 N–H and O–H groups in total. The topological polar surface area (TPSA) is 38.7 Å². The second-order valence-electron chi connectivity index (χ2n) is 10.9. The van der Waals surface area contributed by atoms with Gasteiger partial charge in [0, 0.05) is 22.1 Å². The molecule has 0 unspecified atom stereocenters. The van der Waals surface area contributed by atoms with Gasteiger partial charge in [0.25, 0.3) is 0 Å². The molecular formula is C36H25N3. The summed E-state index contributed by atoms with van der Waals surface area (Å²) in [4.78, 5) is 15.1. The largest absolute Gasteiger partial charge is 0.208 e. The summed E-state index contributed by atoms with van der Waals surface area (Å²) >= 11 is 0. The minimum atomic E-state index is -0.123. The first-order chi connectivity index (χ1) is 19.1. The number of hydrogen-bond acceptors (Lipinski definition) is 3. The van der Waals surface area contributed by atoms with Gasteiger partial charge < -0.3 is 0 Å². The molecule has 7 aromatic rings. The Hall–Kier alpha value is -4.89. The molecule has 3 heteroatoms. The lowest BCUT2D eigenvalue weighted by Gasteiger charge is -2.34. The van der Waals surface area contributed by atoms with Gasteiger partial charge in [-0.1, -0.05) is 123 Å². The molecule has 0 amide bonds. The van der Waals surface area contributed by atoms with Crippen molar-refractivity contribution in [1.82, 2.24) is 15.0 Å². The molecule has 8 rings (SSSR count). The van der Waals surface area contributed by atoms with Crippen LogP contribution in [0.5, 0.6) is 0 Å². The first-order valence-corrected chi connectivity index (χ1v) is 13.4. The summed E-state index contributed by atoms with van der Waals surface area (Å²) in [5, 5.41) is 7.68. The van der Waals surface area contributed by atoms with Crippen LogP contribution in [0.3, 0.4) is 0 Å². The number of benzene rings is 6. The molecular weight excluding hydrogens is 474 g/mol. The summed E-state index contributed by atoms with van der Waals surface area (Å²) in [6.45, 7) is 4.68. The lowest BCUT2D eigenvalue weighted by molar-refractivity contribution is 0.652. The Bertz CT molecular complexity index is 2020. The summed E-state index contributed by atoms with van der Waals surface area (Å²) in [6, 6.07) is 40.5. The zero-order chi connectivity index (χ0) is 26.1.